The fourth-order valence-corrected chi connectivity index (χ4v) is 1.31. The number of pyridine rings is 1. The Morgan fingerprint density at radius 2 is 2.21 bits per heavy atom. The van der Waals surface area contributed by atoms with Crippen LogP contribution in [-0.2, 0) is 11.2 Å². The molecule has 0 aromatic carbocycles. The largest absolute Gasteiger partial charge is 0.383 e. The molecule has 0 saturated carbocycles. The Labute approximate surface area is 84.4 Å². The number of rotatable bonds is 6. The van der Waals surface area contributed by atoms with Gasteiger partial charge in [-0.25, -0.2) is 0 Å². The molecule has 1 atom stereocenters. The quantitative estimate of drug-likeness (QED) is 0.512. The highest BCUT2D eigenvalue weighted by Crippen LogP contribution is 2.03. The zero-order valence-electron chi connectivity index (χ0n) is 8.44. The molecule has 78 valence electrons. The molecule has 0 aliphatic heterocycles. The van der Waals surface area contributed by atoms with Crippen molar-refractivity contribution in [3.05, 3.63) is 30.1 Å². The van der Waals surface area contributed by atoms with Crippen molar-refractivity contribution in [1.29, 1.82) is 0 Å². The summed E-state index contributed by atoms with van der Waals surface area (Å²) in [5, 5.41) is 0. The molecular weight excluding hydrogens is 178 g/mol. The van der Waals surface area contributed by atoms with Crippen molar-refractivity contribution in [2.45, 2.75) is 18.9 Å². The Hall–Kier alpha value is -0.970. The van der Waals surface area contributed by atoms with E-state index in [2.05, 4.69) is 10.4 Å². The molecule has 14 heavy (non-hydrogen) atoms. The van der Waals surface area contributed by atoms with Crippen molar-refractivity contribution in [1.82, 2.24) is 10.4 Å². The fraction of sp³-hybridized carbons (Fsp3) is 0.500. The minimum absolute atomic E-state index is 0.216. The monoisotopic (exact) mass is 195 g/mol. The summed E-state index contributed by atoms with van der Waals surface area (Å²) in [6.45, 7) is 0.640. The van der Waals surface area contributed by atoms with E-state index in [9.17, 15) is 0 Å². The summed E-state index contributed by atoms with van der Waals surface area (Å²) in [6.07, 6.45) is 5.56. The van der Waals surface area contributed by atoms with Gasteiger partial charge in [-0.1, -0.05) is 0 Å². The highest BCUT2D eigenvalue weighted by atomic mass is 16.5. The third kappa shape index (κ3) is 3.83. The van der Waals surface area contributed by atoms with Gasteiger partial charge in [0.15, 0.2) is 0 Å². The van der Waals surface area contributed by atoms with Crippen LogP contribution in [0.2, 0.25) is 0 Å². The normalized spacial score (nSPS) is 12.7. The van der Waals surface area contributed by atoms with Gasteiger partial charge in [0.1, 0.15) is 0 Å². The fourth-order valence-electron chi connectivity index (χ4n) is 1.31. The van der Waals surface area contributed by atoms with E-state index in [-0.39, 0.29) is 6.04 Å². The molecule has 4 heteroatoms. The molecule has 0 spiro atoms. The van der Waals surface area contributed by atoms with Gasteiger partial charge < -0.3 is 4.74 Å². The standard InChI is InChI=1S/C10H17N3O/c1-14-8-10(13-11)3-2-9-4-6-12-7-5-9/h4-7,10,13H,2-3,8,11H2,1H3. The first kappa shape index (κ1) is 11.1. The number of aromatic nitrogens is 1. The van der Waals surface area contributed by atoms with Crippen LogP contribution in [0.1, 0.15) is 12.0 Å². The second-order valence-electron chi connectivity index (χ2n) is 3.21. The molecular formula is C10H17N3O. The van der Waals surface area contributed by atoms with Crippen LogP contribution in [0.25, 0.3) is 0 Å². The Morgan fingerprint density at radius 1 is 1.50 bits per heavy atom. The number of nitrogens with one attached hydrogen (secondary N) is 1. The lowest BCUT2D eigenvalue weighted by Crippen LogP contribution is -2.38. The van der Waals surface area contributed by atoms with Crippen molar-refractivity contribution in [3.63, 3.8) is 0 Å². The average molecular weight is 195 g/mol. The van der Waals surface area contributed by atoms with E-state index < -0.39 is 0 Å². The van der Waals surface area contributed by atoms with Gasteiger partial charge in [0, 0.05) is 25.5 Å². The molecule has 0 aliphatic carbocycles. The van der Waals surface area contributed by atoms with Crippen LogP contribution in [0.4, 0.5) is 0 Å². The first-order valence-corrected chi connectivity index (χ1v) is 4.70. The van der Waals surface area contributed by atoms with E-state index in [1.807, 2.05) is 12.1 Å². The van der Waals surface area contributed by atoms with Crippen molar-refractivity contribution < 1.29 is 4.74 Å². The van der Waals surface area contributed by atoms with E-state index in [0.29, 0.717) is 6.61 Å². The van der Waals surface area contributed by atoms with Crippen LogP contribution in [0.15, 0.2) is 24.5 Å². The minimum atomic E-state index is 0.216. The Bertz CT molecular complexity index is 240. The highest BCUT2D eigenvalue weighted by molar-refractivity contribution is 5.09. The molecule has 0 aliphatic rings. The second-order valence-corrected chi connectivity index (χ2v) is 3.21. The Morgan fingerprint density at radius 3 is 2.79 bits per heavy atom. The Kier molecular flexibility index (Phi) is 5.14. The molecule has 0 amide bonds. The maximum atomic E-state index is 5.38. The maximum Gasteiger partial charge on any atom is 0.0629 e. The molecule has 0 fully saturated rings. The predicted octanol–water partition coefficient (Wildman–Crippen LogP) is 0.493. The Balaban J connectivity index is 2.32. The van der Waals surface area contributed by atoms with E-state index in [1.165, 1.54) is 5.56 Å². The molecule has 1 unspecified atom stereocenters. The summed E-state index contributed by atoms with van der Waals surface area (Å²) in [5.41, 5.74) is 4.01. The molecule has 3 N–H and O–H groups in total. The third-order valence-corrected chi connectivity index (χ3v) is 2.13. The van der Waals surface area contributed by atoms with Crippen LogP contribution in [0.3, 0.4) is 0 Å². The predicted molar refractivity (Wildman–Crippen MR) is 55.5 cm³/mol. The third-order valence-electron chi connectivity index (χ3n) is 2.13. The summed E-state index contributed by atoms with van der Waals surface area (Å²) in [5.74, 6) is 5.38. The van der Waals surface area contributed by atoms with Crippen molar-refractivity contribution >= 4 is 0 Å². The van der Waals surface area contributed by atoms with Gasteiger partial charge in [-0.05, 0) is 30.5 Å². The summed E-state index contributed by atoms with van der Waals surface area (Å²) < 4.78 is 5.03. The number of hydrazine groups is 1. The average Bonchev–Trinajstić information content (AvgIpc) is 2.25. The molecule has 0 radical (unpaired) electrons. The van der Waals surface area contributed by atoms with Gasteiger partial charge in [0.05, 0.1) is 6.61 Å². The van der Waals surface area contributed by atoms with Crippen LogP contribution in [0, 0.1) is 0 Å². The van der Waals surface area contributed by atoms with Gasteiger partial charge in [-0.3, -0.25) is 16.3 Å². The molecule has 4 nitrogen and oxygen atoms in total. The molecule has 1 aromatic heterocycles. The van der Waals surface area contributed by atoms with Gasteiger partial charge >= 0.3 is 0 Å². The topological polar surface area (TPSA) is 60.2 Å². The second kappa shape index (κ2) is 6.48. The summed E-state index contributed by atoms with van der Waals surface area (Å²) in [4.78, 5) is 3.96. The van der Waals surface area contributed by atoms with Crippen LogP contribution < -0.4 is 11.3 Å². The first-order chi connectivity index (χ1) is 6.86. The van der Waals surface area contributed by atoms with Crippen LogP contribution in [-0.4, -0.2) is 24.7 Å². The number of ether oxygens (including phenoxy) is 1. The van der Waals surface area contributed by atoms with Gasteiger partial charge in [0.2, 0.25) is 0 Å². The van der Waals surface area contributed by atoms with E-state index in [4.69, 9.17) is 10.6 Å². The molecule has 1 rings (SSSR count). The summed E-state index contributed by atoms with van der Waals surface area (Å²) >= 11 is 0. The van der Waals surface area contributed by atoms with Crippen LogP contribution in [0.5, 0.6) is 0 Å². The highest BCUT2D eigenvalue weighted by Gasteiger charge is 2.05. The van der Waals surface area contributed by atoms with E-state index in [0.717, 1.165) is 12.8 Å². The van der Waals surface area contributed by atoms with Crippen molar-refractivity contribution in [2.75, 3.05) is 13.7 Å². The maximum absolute atomic E-state index is 5.38. The first-order valence-electron chi connectivity index (χ1n) is 4.70. The van der Waals surface area contributed by atoms with Crippen LogP contribution >= 0.6 is 0 Å². The van der Waals surface area contributed by atoms with E-state index in [1.54, 1.807) is 19.5 Å². The summed E-state index contributed by atoms with van der Waals surface area (Å²) in [6, 6.07) is 4.24. The van der Waals surface area contributed by atoms with E-state index >= 15 is 0 Å². The number of hydrogen-bond donors (Lipinski definition) is 2. The van der Waals surface area contributed by atoms with Gasteiger partial charge in [-0.15, -0.1) is 0 Å². The number of methoxy groups -OCH3 is 1. The zero-order valence-corrected chi connectivity index (χ0v) is 8.44. The molecule has 0 bridgehead atoms. The summed E-state index contributed by atoms with van der Waals surface area (Å²) in [7, 11) is 1.68. The molecule has 0 saturated heterocycles. The number of hydrogen-bond acceptors (Lipinski definition) is 4. The van der Waals surface area contributed by atoms with Gasteiger partial charge in [0.25, 0.3) is 0 Å². The molecule has 1 heterocycles. The van der Waals surface area contributed by atoms with Crippen molar-refractivity contribution in [3.8, 4) is 0 Å². The minimum Gasteiger partial charge on any atom is -0.383 e. The lowest BCUT2D eigenvalue weighted by molar-refractivity contribution is 0.163. The SMILES string of the molecule is COCC(CCc1ccncc1)NN. The van der Waals surface area contributed by atoms with Gasteiger partial charge in [-0.2, -0.15) is 0 Å². The number of nitrogens with two attached hydrogens (primary N) is 1. The lowest BCUT2D eigenvalue weighted by Gasteiger charge is -2.14. The zero-order chi connectivity index (χ0) is 10.2. The molecule has 1 aromatic rings. The van der Waals surface area contributed by atoms with Crippen molar-refractivity contribution in [2.24, 2.45) is 5.84 Å². The number of nitrogens with zero attached hydrogens (tertiary/aromatic N) is 1. The smallest absolute Gasteiger partial charge is 0.0629 e. The lowest BCUT2D eigenvalue weighted by atomic mass is 10.1. The number of aryl methyl sites for hydroxylation is 1.